The highest BCUT2D eigenvalue weighted by molar-refractivity contribution is 7.92. The zero-order valence-corrected chi connectivity index (χ0v) is 12.8. The lowest BCUT2D eigenvalue weighted by atomic mass is 10.1. The molecular formula is C13H18N4O2S. The first-order valence-corrected chi connectivity index (χ1v) is 7.89. The molecule has 0 amide bonds. The van der Waals surface area contributed by atoms with Crippen LogP contribution in [0.3, 0.4) is 0 Å². The summed E-state index contributed by atoms with van der Waals surface area (Å²) in [7, 11) is -0.0111. The van der Waals surface area contributed by atoms with Crippen molar-refractivity contribution in [2.45, 2.75) is 6.92 Å². The van der Waals surface area contributed by atoms with Gasteiger partial charge in [0, 0.05) is 25.4 Å². The van der Waals surface area contributed by atoms with E-state index in [1.807, 2.05) is 26.1 Å². The molecule has 108 valence electrons. The SMILES string of the molecule is Cc1cc(-c2ccc(N)c(N(C)S(C)(=O)=O)c2)nn1C. The standard InChI is InChI=1S/C13H18N4O2S/c1-9-7-12(15-16(9)2)10-5-6-11(14)13(8-10)17(3)20(4,18)19/h5-8H,14H2,1-4H3. The molecule has 0 saturated heterocycles. The van der Waals surface area contributed by atoms with Crippen molar-refractivity contribution in [2.75, 3.05) is 23.3 Å². The van der Waals surface area contributed by atoms with E-state index in [1.165, 1.54) is 11.4 Å². The fraction of sp³-hybridized carbons (Fsp3) is 0.308. The summed E-state index contributed by atoms with van der Waals surface area (Å²) < 4.78 is 26.2. The molecule has 0 bridgehead atoms. The molecule has 0 aliphatic heterocycles. The van der Waals surface area contributed by atoms with Gasteiger partial charge in [-0.3, -0.25) is 8.99 Å². The maximum atomic E-state index is 11.6. The van der Waals surface area contributed by atoms with E-state index in [1.54, 1.807) is 16.8 Å². The molecule has 7 heteroatoms. The van der Waals surface area contributed by atoms with Crippen molar-refractivity contribution < 1.29 is 8.42 Å². The number of anilines is 2. The summed E-state index contributed by atoms with van der Waals surface area (Å²) in [5.41, 5.74) is 9.37. The van der Waals surface area contributed by atoms with Crippen molar-refractivity contribution in [3.63, 3.8) is 0 Å². The van der Waals surface area contributed by atoms with Gasteiger partial charge in [-0.05, 0) is 25.1 Å². The lowest BCUT2D eigenvalue weighted by Gasteiger charge is -2.19. The lowest BCUT2D eigenvalue weighted by molar-refractivity contribution is 0.600. The van der Waals surface area contributed by atoms with E-state index >= 15 is 0 Å². The molecule has 2 aromatic rings. The highest BCUT2D eigenvalue weighted by Crippen LogP contribution is 2.30. The number of hydrogen-bond acceptors (Lipinski definition) is 4. The number of nitrogens with zero attached hydrogens (tertiary/aromatic N) is 3. The Bertz CT molecular complexity index is 730. The Hall–Kier alpha value is -2.02. The number of rotatable bonds is 3. The summed E-state index contributed by atoms with van der Waals surface area (Å²) in [6.07, 6.45) is 1.14. The first-order valence-electron chi connectivity index (χ1n) is 6.04. The summed E-state index contributed by atoms with van der Waals surface area (Å²) >= 11 is 0. The number of hydrogen-bond donors (Lipinski definition) is 1. The first-order chi connectivity index (χ1) is 9.20. The molecule has 0 unspecified atom stereocenters. The maximum Gasteiger partial charge on any atom is 0.232 e. The van der Waals surface area contributed by atoms with E-state index in [4.69, 9.17) is 5.73 Å². The zero-order valence-electron chi connectivity index (χ0n) is 12.0. The molecule has 2 rings (SSSR count). The van der Waals surface area contributed by atoms with Gasteiger partial charge in [0.25, 0.3) is 0 Å². The second-order valence-corrected chi connectivity index (χ2v) is 6.81. The molecule has 20 heavy (non-hydrogen) atoms. The van der Waals surface area contributed by atoms with Gasteiger partial charge < -0.3 is 5.73 Å². The summed E-state index contributed by atoms with van der Waals surface area (Å²) in [6.45, 7) is 1.96. The van der Waals surface area contributed by atoms with Crippen LogP contribution in [0, 0.1) is 6.92 Å². The van der Waals surface area contributed by atoms with Crippen LogP contribution in [0.4, 0.5) is 11.4 Å². The molecule has 0 aliphatic carbocycles. The van der Waals surface area contributed by atoms with Crippen LogP contribution in [0.1, 0.15) is 5.69 Å². The Labute approximate surface area is 118 Å². The van der Waals surface area contributed by atoms with Crippen molar-refractivity contribution in [1.82, 2.24) is 9.78 Å². The van der Waals surface area contributed by atoms with Crippen LogP contribution in [-0.2, 0) is 17.1 Å². The average Bonchev–Trinajstić information content (AvgIpc) is 2.68. The molecular weight excluding hydrogens is 276 g/mol. The second kappa shape index (κ2) is 4.82. The summed E-state index contributed by atoms with van der Waals surface area (Å²) in [6, 6.07) is 7.20. The van der Waals surface area contributed by atoms with Crippen LogP contribution in [0.15, 0.2) is 24.3 Å². The maximum absolute atomic E-state index is 11.6. The average molecular weight is 294 g/mol. The van der Waals surface area contributed by atoms with Crippen molar-refractivity contribution >= 4 is 21.4 Å². The number of aryl methyl sites for hydroxylation is 2. The van der Waals surface area contributed by atoms with Crippen LogP contribution < -0.4 is 10.0 Å². The Kier molecular flexibility index (Phi) is 3.47. The number of sulfonamides is 1. The van der Waals surface area contributed by atoms with E-state index in [2.05, 4.69) is 5.10 Å². The van der Waals surface area contributed by atoms with Crippen LogP contribution in [0.25, 0.3) is 11.3 Å². The molecule has 0 atom stereocenters. The van der Waals surface area contributed by atoms with Crippen molar-refractivity contribution in [3.8, 4) is 11.3 Å². The summed E-state index contributed by atoms with van der Waals surface area (Å²) in [5, 5.41) is 4.38. The molecule has 1 aromatic carbocycles. The molecule has 6 nitrogen and oxygen atoms in total. The van der Waals surface area contributed by atoms with Crippen LogP contribution in [0.5, 0.6) is 0 Å². The van der Waals surface area contributed by atoms with Gasteiger partial charge in [-0.2, -0.15) is 5.10 Å². The number of aromatic nitrogens is 2. The smallest absolute Gasteiger partial charge is 0.232 e. The van der Waals surface area contributed by atoms with Gasteiger partial charge in [0.1, 0.15) is 0 Å². The second-order valence-electron chi connectivity index (χ2n) is 4.80. The van der Waals surface area contributed by atoms with Crippen LogP contribution in [0.2, 0.25) is 0 Å². The van der Waals surface area contributed by atoms with Gasteiger partial charge in [0.05, 0.1) is 23.3 Å². The Morgan fingerprint density at radius 1 is 1.30 bits per heavy atom. The van der Waals surface area contributed by atoms with Gasteiger partial charge in [-0.25, -0.2) is 8.42 Å². The normalized spacial score (nSPS) is 11.6. The monoisotopic (exact) mass is 294 g/mol. The minimum absolute atomic E-state index is 0.411. The molecule has 0 saturated carbocycles. The van der Waals surface area contributed by atoms with Gasteiger partial charge in [0.2, 0.25) is 10.0 Å². The molecule has 0 aliphatic rings. The molecule has 0 spiro atoms. The summed E-state index contributed by atoms with van der Waals surface area (Å²) in [4.78, 5) is 0. The highest BCUT2D eigenvalue weighted by Gasteiger charge is 2.16. The Morgan fingerprint density at radius 2 is 1.95 bits per heavy atom. The van der Waals surface area contributed by atoms with E-state index in [9.17, 15) is 8.42 Å². The van der Waals surface area contributed by atoms with E-state index in [0.717, 1.165) is 23.2 Å². The van der Waals surface area contributed by atoms with Gasteiger partial charge in [0.15, 0.2) is 0 Å². The molecule has 0 radical (unpaired) electrons. The quantitative estimate of drug-likeness (QED) is 0.867. The van der Waals surface area contributed by atoms with Gasteiger partial charge in [-0.1, -0.05) is 6.07 Å². The van der Waals surface area contributed by atoms with Crippen molar-refractivity contribution in [1.29, 1.82) is 0 Å². The van der Waals surface area contributed by atoms with Crippen molar-refractivity contribution in [3.05, 3.63) is 30.0 Å². The predicted molar refractivity (Wildman–Crippen MR) is 81.0 cm³/mol. The lowest BCUT2D eigenvalue weighted by Crippen LogP contribution is -2.25. The van der Waals surface area contributed by atoms with Gasteiger partial charge in [-0.15, -0.1) is 0 Å². The van der Waals surface area contributed by atoms with Crippen LogP contribution >= 0.6 is 0 Å². The minimum atomic E-state index is -3.35. The predicted octanol–water partition coefficient (Wildman–Crippen LogP) is 1.37. The van der Waals surface area contributed by atoms with E-state index < -0.39 is 10.0 Å². The molecule has 0 fully saturated rings. The molecule has 1 aromatic heterocycles. The third-order valence-electron chi connectivity index (χ3n) is 3.28. The number of nitrogens with two attached hydrogens (primary N) is 1. The van der Waals surface area contributed by atoms with Crippen molar-refractivity contribution in [2.24, 2.45) is 7.05 Å². The van der Waals surface area contributed by atoms with Gasteiger partial charge >= 0.3 is 0 Å². The minimum Gasteiger partial charge on any atom is -0.397 e. The third kappa shape index (κ3) is 2.62. The largest absolute Gasteiger partial charge is 0.397 e. The van der Waals surface area contributed by atoms with E-state index in [0.29, 0.717) is 11.4 Å². The molecule has 2 N–H and O–H groups in total. The third-order valence-corrected chi connectivity index (χ3v) is 4.47. The van der Waals surface area contributed by atoms with Crippen LogP contribution in [-0.4, -0.2) is 31.5 Å². The molecule has 1 heterocycles. The Balaban J connectivity index is 2.54. The fourth-order valence-corrected chi connectivity index (χ4v) is 2.37. The Morgan fingerprint density at radius 3 is 2.45 bits per heavy atom. The summed E-state index contributed by atoms with van der Waals surface area (Å²) in [5.74, 6) is 0. The highest BCUT2D eigenvalue weighted by atomic mass is 32.2. The number of benzene rings is 1. The topological polar surface area (TPSA) is 81.2 Å². The number of nitrogen functional groups attached to an aromatic ring is 1. The van der Waals surface area contributed by atoms with E-state index in [-0.39, 0.29) is 0 Å². The fourth-order valence-electron chi connectivity index (χ4n) is 1.86. The zero-order chi connectivity index (χ0) is 15.1. The first kappa shape index (κ1) is 14.4.